The zero-order valence-corrected chi connectivity index (χ0v) is 21.7. The van der Waals surface area contributed by atoms with E-state index >= 15 is 0 Å². The molecule has 0 bridgehead atoms. The molecule has 0 saturated carbocycles. The molecule has 190 valence electrons. The van der Waals surface area contributed by atoms with E-state index < -0.39 is 12.0 Å². The van der Waals surface area contributed by atoms with Crippen LogP contribution in [0, 0.1) is 11.3 Å². The number of allylic oxidation sites excluding steroid dienone is 1. The molecule has 0 spiro atoms. The summed E-state index contributed by atoms with van der Waals surface area (Å²) < 4.78 is 18.6. The number of nitriles is 1. The number of hydrogen-bond acceptors (Lipinski definition) is 8. The van der Waals surface area contributed by atoms with Crippen LogP contribution in [-0.2, 0) is 9.53 Å². The number of benzene rings is 2. The second-order valence-electron chi connectivity index (χ2n) is 8.14. The first kappa shape index (κ1) is 25.9. The Labute approximate surface area is 218 Å². The van der Waals surface area contributed by atoms with Crippen molar-refractivity contribution in [1.29, 1.82) is 5.26 Å². The lowest BCUT2D eigenvalue weighted by molar-refractivity contribution is -0.139. The Kier molecular flexibility index (Phi) is 8.21. The summed E-state index contributed by atoms with van der Waals surface area (Å²) in [6, 6.07) is 15.7. The number of methoxy groups -OCH3 is 1. The van der Waals surface area contributed by atoms with Crippen molar-refractivity contribution < 1.29 is 19.0 Å². The van der Waals surface area contributed by atoms with Gasteiger partial charge in [-0.1, -0.05) is 61.1 Å². The third kappa shape index (κ3) is 5.20. The average molecular weight is 518 g/mol. The highest BCUT2D eigenvalue weighted by Gasteiger charge is 2.35. The normalized spacial score (nSPS) is 15.0. The maximum atomic E-state index is 13.9. The molecule has 0 radical (unpaired) electrons. The monoisotopic (exact) mass is 517 g/mol. The first-order chi connectivity index (χ1) is 18.0. The molecule has 0 amide bonds. The second-order valence-corrected chi connectivity index (χ2v) is 9.15. The van der Waals surface area contributed by atoms with E-state index in [9.17, 15) is 9.59 Å². The van der Waals surface area contributed by atoms with Gasteiger partial charge in [0, 0.05) is 11.1 Å². The average Bonchev–Trinajstić information content (AvgIpc) is 3.22. The molecule has 37 heavy (non-hydrogen) atoms. The van der Waals surface area contributed by atoms with Crippen molar-refractivity contribution >= 4 is 23.4 Å². The van der Waals surface area contributed by atoms with Crippen molar-refractivity contribution in [2.75, 3.05) is 20.3 Å². The Morgan fingerprint density at radius 2 is 1.89 bits per heavy atom. The second kappa shape index (κ2) is 11.7. The minimum absolute atomic E-state index is 0.108. The SMILES string of the molecule is CCCC1=C(C(=O)OCC)[C@H](c2ccccc2OC)n2c(s/c(=C\c3ccccc3OCC#N)c2=O)=N1. The number of ether oxygens (including phenoxy) is 3. The highest BCUT2D eigenvalue weighted by molar-refractivity contribution is 7.07. The number of carbonyl (C=O) groups is 1. The fraction of sp³-hybridized carbons (Fsp3) is 0.286. The van der Waals surface area contributed by atoms with Crippen molar-refractivity contribution in [2.24, 2.45) is 4.99 Å². The van der Waals surface area contributed by atoms with Crippen molar-refractivity contribution in [3.05, 3.63) is 90.6 Å². The number of fused-ring (bicyclic) bond motifs is 1. The molecule has 0 N–H and O–H groups in total. The number of thiazole rings is 1. The van der Waals surface area contributed by atoms with E-state index in [1.807, 2.05) is 43.3 Å². The molecule has 0 aliphatic carbocycles. The van der Waals surface area contributed by atoms with Crippen LogP contribution in [0.15, 0.2) is 69.6 Å². The fourth-order valence-corrected chi connectivity index (χ4v) is 5.30. The summed E-state index contributed by atoms with van der Waals surface area (Å²) in [4.78, 5) is 32.4. The molecule has 9 heteroatoms. The van der Waals surface area contributed by atoms with Gasteiger partial charge in [-0.15, -0.1) is 0 Å². The van der Waals surface area contributed by atoms with Crippen molar-refractivity contribution in [2.45, 2.75) is 32.7 Å². The summed E-state index contributed by atoms with van der Waals surface area (Å²) in [5, 5.41) is 8.92. The van der Waals surface area contributed by atoms with Gasteiger partial charge in [0.05, 0.1) is 29.5 Å². The van der Waals surface area contributed by atoms with Crippen LogP contribution in [0.4, 0.5) is 0 Å². The summed E-state index contributed by atoms with van der Waals surface area (Å²) in [5.74, 6) is 0.544. The Morgan fingerprint density at radius 1 is 1.16 bits per heavy atom. The van der Waals surface area contributed by atoms with Crippen LogP contribution in [0.2, 0.25) is 0 Å². The van der Waals surface area contributed by atoms with Gasteiger partial charge in [0.25, 0.3) is 5.56 Å². The van der Waals surface area contributed by atoms with Crippen LogP contribution in [0.25, 0.3) is 6.08 Å². The van der Waals surface area contributed by atoms with E-state index in [1.54, 1.807) is 42.9 Å². The summed E-state index contributed by atoms with van der Waals surface area (Å²) in [5.41, 5.74) is 1.97. The number of hydrogen-bond donors (Lipinski definition) is 0. The summed E-state index contributed by atoms with van der Waals surface area (Å²) in [6.45, 7) is 3.85. The minimum atomic E-state index is -0.764. The third-order valence-electron chi connectivity index (χ3n) is 5.82. The molecule has 1 aromatic heterocycles. The van der Waals surface area contributed by atoms with Gasteiger partial charge in [-0.05, 0) is 31.6 Å². The van der Waals surface area contributed by atoms with E-state index in [0.717, 1.165) is 6.42 Å². The summed E-state index contributed by atoms with van der Waals surface area (Å²) >= 11 is 1.24. The van der Waals surface area contributed by atoms with Crippen LogP contribution >= 0.6 is 11.3 Å². The number of esters is 1. The Morgan fingerprint density at radius 3 is 2.59 bits per heavy atom. The van der Waals surface area contributed by atoms with Gasteiger partial charge in [-0.25, -0.2) is 9.79 Å². The largest absolute Gasteiger partial charge is 0.496 e. The van der Waals surface area contributed by atoms with Gasteiger partial charge < -0.3 is 14.2 Å². The number of para-hydroxylation sites is 2. The zero-order chi connectivity index (χ0) is 26.4. The molecule has 0 fully saturated rings. The molecule has 2 aromatic carbocycles. The quantitative estimate of drug-likeness (QED) is 0.403. The maximum absolute atomic E-state index is 13.9. The minimum Gasteiger partial charge on any atom is -0.496 e. The van der Waals surface area contributed by atoms with Crippen molar-refractivity contribution in [3.8, 4) is 17.6 Å². The molecule has 8 nitrogen and oxygen atoms in total. The predicted molar refractivity (Wildman–Crippen MR) is 140 cm³/mol. The molecular weight excluding hydrogens is 490 g/mol. The third-order valence-corrected chi connectivity index (χ3v) is 6.81. The van der Waals surface area contributed by atoms with E-state index in [4.69, 9.17) is 24.5 Å². The van der Waals surface area contributed by atoms with Crippen LogP contribution in [0.5, 0.6) is 11.5 Å². The lowest BCUT2D eigenvalue weighted by Crippen LogP contribution is -2.40. The smallest absolute Gasteiger partial charge is 0.338 e. The first-order valence-corrected chi connectivity index (χ1v) is 12.8. The number of rotatable bonds is 9. The number of aromatic nitrogens is 1. The van der Waals surface area contributed by atoms with Gasteiger partial charge in [-0.2, -0.15) is 5.26 Å². The molecule has 4 rings (SSSR count). The highest BCUT2D eigenvalue weighted by atomic mass is 32.1. The molecule has 1 atom stereocenters. The van der Waals surface area contributed by atoms with E-state index in [-0.39, 0.29) is 18.8 Å². The van der Waals surface area contributed by atoms with Gasteiger partial charge in [0.2, 0.25) is 0 Å². The van der Waals surface area contributed by atoms with Gasteiger partial charge in [0.1, 0.15) is 23.6 Å². The predicted octanol–water partition coefficient (Wildman–Crippen LogP) is 3.49. The Bertz CT molecular complexity index is 1560. The van der Waals surface area contributed by atoms with Crippen molar-refractivity contribution in [3.63, 3.8) is 0 Å². The van der Waals surface area contributed by atoms with Crippen LogP contribution in [0.3, 0.4) is 0 Å². The Balaban J connectivity index is 2.00. The lowest BCUT2D eigenvalue weighted by Gasteiger charge is -2.26. The molecule has 1 aliphatic heterocycles. The molecular formula is C28H27N3O5S. The molecule has 0 unspecified atom stereocenters. The van der Waals surface area contributed by atoms with E-state index in [2.05, 4.69) is 0 Å². The van der Waals surface area contributed by atoms with Crippen molar-refractivity contribution in [1.82, 2.24) is 4.57 Å². The molecule has 2 heterocycles. The zero-order valence-electron chi connectivity index (χ0n) is 20.9. The van der Waals surface area contributed by atoms with Crippen LogP contribution in [0.1, 0.15) is 43.9 Å². The molecule has 3 aromatic rings. The summed E-state index contributed by atoms with van der Waals surface area (Å²) in [6.07, 6.45) is 3.04. The van der Waals surface area contributed by atoms with Gasteiger partial charge in [0.15, 0.2) is 11.4 Å². The lowest BCUT2D eigenvalue weighted by atomic mass is 9.93. The van der Waals surface area contributed by atoms with Gasteiger partial charge in [-0.3, -0.25) is 9.36 Å². The van der Waals surface area contributed by atoms with Crippen LogP contribution in [-0.4, -0.2) is 30.9 Å². The highest BCUT2D eigenvalue weighted by Crippen LogP contribution is 2.36. The molecule has 0 saturated heterocycles. The topological polar surface area (TPSA) is 103 Å². The summed E-state index contributed by atoms with van der Waals surface area (Å²) in [7, 11) is 1.56. The fourth-order valence-electron chi connectivity index (χ4n) is 4.29. The number of nitrogens with zero attached hydrogens (tertiary/aromatic N) is 3. The number of carbonyl (C=O) groups excluding carboxylic acids is 1. The van der Waals surface area contributed by atoms with E-state index in [1.165, 1.54) is 11.3 Å². The van der Waals surface area contributed by atoms with Gasteiger partial charge >= 0.3 is 5.97 Å². The van der Waals surface area contributed by atoms with Crippen LogP contribution < -0.4 is 24.4 Å². The maximum Gasteiger partial charge on any atom is 0.338 e. The molecule has 1 aliphatic rings. The van der Waals surface area contributed by atoms with E-state index in [0.29, 0.717) is 49.7 Å². The Hall–Kier alpha value is -4.16. The standard InChI is InChI=1S/C28H27N3O5S/c1-4-10-20-24(27(33)35-5-2)25(19-12-7-9-14-22(19)34-3)31-26(32)23(37-28(31)30-20)17-18-11-6-8-13-21(18)36-16-15-29/h6-9,11-14,17,25H,4-5,10,16H2,1-3H3/b23-17-/t25-/m0/s1. The first-order valence-electron chi connectivity index (χ1n) is 12.0.